The number of rotatable bonds is 3. The van der Waals surface area contributed by atoms with Crippen molar-refractivity contribution in [3.8, 4) is 6.07 Å². The molecule has 3 nitrogen and oxygen atoms in total. The van der Waals surface area contributed by atoms with Gasteiger partial charge in [0.15, 0.2) is 0 Å². The van der Waals surface area contributed by atoms with Crippen LogP contribution in [0.4, 0.5) is 0 Å². The van der Waals surface area contributed by atoms with E-state index < -0.39 is 5.97 Å². The molecule has 2 aromatic carbocycles. The van der Waals surface area contributed by atoms with Crippen molar-refractivity contribution in [3.63, 3.8) is 0 Å². The highest BCUT2D eigenvalue weighted by atomic mass is 35.5. The third-order valence-electron chi connectivity index (χ3n) is 3.25. The third-order valence-corrected chi connectivity index (χ3v) is 3.58. The molecule has 0 saturated heterocycles. The molecule has 0 unspecified atom stereocenters. The Labute approximate surface area is 122 Å². The highest BCUT2D eigenvalue weighted by molar-refractivity contribution is 6.31. The number of nitriles is 1. The Kier molecular flexibility index (Phi) is 4.07. The Morgan fingerprint density at radius 2 is 1.95 bits per heavy atom. The van der Waals surface area contributed by atoms with Crippen LogP contribution in [-0.2, 0) is 0 Å². The molecule has 2 rings (SSSR count). The molecule has 0 radical (unpaired) electrons. The summed E-state index contributed by atoms with van der Waals surface area (Å²) in [6, 6.07) is 13.9. The molecule has 100 valence electrons. The molecule has 0 saturated carbocycles. The number of hydrogen-bond acceptors (Lipinski definition) is 2. The first kappa shape index (κ1) is 14.1. The molecule has 0 heterocycles. The molecule has 0 fully saturated rings. The van der Waals surface area contributed by atoms with Gasteiger partial charge < -0.3 is 5.11 Å². The number of nitrogens with zero attached hydrogens (tertiary/aromatic N) is 1. The van der Waals surface area contributed by atoms with Crippen molar-refractivity contribution in [1.82, 2.24) is 0 Å². The predicted octanol–water partition coefficient (Wildman–Crippen LogP) is 4.06. The summed E-state index contributed by atoms with van der Waals surface area (Å²) in [5.41, 5.74) is 2.25. The standard InChI is InChI=1S/C16H12ClNO2/c1-10(12-4-2-3-5-14(12)16(19)20)13-7-6-11(9-18)8-15(13)17/h2-8,10H,1H3,(H,19,20)/t10-/m0/s1. The number of carboxylic acid groups (broad SMARTS) is 1. The average Bonchev–Trinajstić information content (AvgIpc) is 2.46. The highest BCUT2D eigenvalue weighted by Crippen LogP contribution is 2.32. The Hall–Kier alpha value is -2.31. The lowest BCUT2D eigenvalue weighted by Gasteiger charge is -2.16. The Balaban J connectivity index is 2.50. The molecule has 2 aromatic rings. The van der Waals surface area contributed by atoms with Crippen molar-refractivity contribution in [2.75, 3.05) is 0 Å². The number of carboxylic acids is 1. The first-order chi connectivity index (χ1) is 9.54. The van der Waals surface area contributed by atoms with E-state index in [2.05, 4.69) is 0 Å². The van der Waals surface area contributed by atoms with Gasteiger partial charge in [-0.1, -0.05) is 42.8 Å². The molecule has 0 bridgehead atoms. The maximum absolute atomic E-state index is 11.3. The quantitative estimate of drug-likeness (QED) is 0.925. The van der Waals surface area contributed by atoms with Crippen LogP contribution in [0.3, 0.4) is 0 Å². The number of benzene rings is 2. The van der Waals surface area contributed by atoms with Gasteiger partial charge >= 0.3 is 5.97 Å². The van der Waals surface area contributed by atoms with Gasteiger partial charge in [-0.3, -0.25) is 0 Å². The molecular formula is C16H12ClNO2. The molecule has 1 N–H and O–H groups in total. The van der Waals surface area contributed by atoms with Gasteiger partial charge in [-0.15, -0.1) is 0 Å². The monoisotopic (exact) mass is 285 g/mol. The second kappa shape index (κ2) is 5.77. The van der Waals surface area contributed by atoms with Crippen LogP contribution < -0.4 is 0 Å². The molecule has 0 spiro atoms. The van der Waals surface area contributed by atoms with E-state index in [-0.39, 0.29) is 11.5 Å². The number of hydrogen-bond donors (Lipinski definition) is 1. The highest BCUT2D eigenvalue weighted by Gasteiger charge is 2.18. The molecule has 0 aliphatic heterocycles. The Morgan fingerprint density at radius 3 is 2.55 bits per heavy atom. The van der Waals surface area contributed by atoms with Gasteiger partial charge in [0.25, 0.3) is 0 Å². The van der Waals surface area contributed by atoms with Gasteiger partial charge in [-0.05, 0) is 29.3 Å². The van der Waals surface area contributed by atoms with Crippen LogP contribution in [0.1, 0.15) is 39.9 Å². The summed E-state index contributed by atoms with van der Waals surface area (Å²) in [4.78, 5) is 11.3. The van der Waals surface area contributed by atoms with Crippen LogP contribution in [0.5, 0.6) is 0 Å². The van der Waals surface area contributed by atoms with Crippen LogP contribution >= 0.6 is 11.6 Å². The largest absolute Gasteiger partial charge is 0.478 e. The normalized spacial score (nSPS) is 11.7. The molecule has 20 heavy (non-hydrogen) atoms. The van der Waals surface area contributed by atoms with Crippen molar-refractivity contribution < 1.29 is 9.90 Å². The fourth-order valence-corrected chi connectivity index (χ4v) is 2.53. The van der Waals surface area contributed by atoms with Crippen molar-refractivity contribution >= 4 is 17.6 Å². The molecule has 0 aliphatic rings. The first-order valence-corrected chi connectivity index (χ1v) is 6.44. The summed E-state index contributed by atoms with van der Waals surface area (Å²) < 4.78 is 0. The van der Waals surface area contributed by atoms with Crippen LogP contribution in [0.15, 0.2) is 42.5 Å². The minimum absolute atomic E-state index is 0.164. The van der Waals surface area contributed by atoms with Crippen molar-refractivity contribution in [2.45, 2.75) is 12.8 Å². The number of halogens is 1. The van der Waals surface area contributed by atoms with Gasteiger partial charge in [0.1, 0.15) is 0 Å². The van der Waals surface area contributed by atoms with E-state index in [1.54, 1.807) is 42.5 Å². The molecule has 0 aromatic heterocycles. The van der Waals surface area contributed by atoms with Gasteiger partial charge in [0, 0.05) is 10.9 Å². The van der Waals surface area contributed by atoms with Crippen molar-refractivity contribution in [2.24, 2.45) is 0 Å². The second-order valence-electron chi connectivity index (χ2n) is 4.46. The van der Waals surface area contributed by atoms with Gasteiger partial charge in [-0.2, -0.15) is 5.26 Å². The zero-order chi connectivity index (χ0) is 14.7. The van der Waals surface area contributed by atoms with E-state index in [9.17, 15) is 9.90 Å². The molecule has 0 aliphatic carbocycles. The summed E-state index contributed by atoms with van der Waals surface area (Å²) in [5.74, 6) is -1.13. The SMILES string of the molecule is C[C@H](c1ccc(C#N)cc1Cl)c1ccccc1C(=O)O. The smallest absolute Gasteiger partial charge is 0.335 e. The summed E-state index contributed by atoms with van der Waals surface area (Å²) in [6.07, 6.45) is 0. The van der Waals surface area contributed by atoms with E-state index in [4.69, 9.17) is 16.9 Å². The first-order valence-electron chi connectivity index (χ1n) is 6.06. The molecule has 1 atom stereocenters. The van der Waals surface area contributed by atoms with E-state index >= 15 is 0 Å². The number of carbonyl (C=O) groups is 1. The van der Waals surface area contributed by atoms with E-state index in [1.807, 2.05) is 13.0 Å². The van der Waals surface area contributed by atoms with E-state index in [0.29, 0.717) is 16.1 Å². The minimum Gasteiger partial charge on any atom is -0.478 e. The minimum atomic E-state index is -0.961. The lowest BCUT2D eigenvalue weighted by molar-refractivity contribution is 0.0695. The Morgan fingerprint density at radius 1 is 1.25 bits per heavy atom. The maximum atomic E-state index is 11.3. The lowest BCUT2D eigenvalue weighted by atomic mass is 9.89. The fraction of sp³-hybridized carbons (Fsp3) is 0.125. The van der Waals surface area contributed by atoms with E-state index in [0.717, 1.165) is 5.56 Å². The molecule has 0 amide bonds. The summed E-state index contributed by atoms with van der Waals surface area (Å²) in [5, 5.41) is 18.5. The van der Waals surface area contributed by atoms with Gasteiger partial charge in [0.2, 0.25) is 0 Å². The van der Waals surface area contributed by atoms with E-state index in [1.165, 1.54) is 0 Å². The molecule has 4 heteroatoms. The topological polar surface area (TPSA) is 61.1 Å². The Bertz CT molecular complexity index is 704. The zero-order valence-electron chi connectivity index (χ0n) is 10.8. The lowest BCUT2D eigenvalue weighted by Crippen LogP contribution is -2.06. The predicted molar refractivity (Wildman–Crippen MR) is 77.1 cm³/mol. The van der Waals surface area contributed by atoms with Gasteiger partial charge in [-0.25, -0.2) is 4.79 Å². The maximum Gasteiger partial charge on any atom is 0.335 e. The summed E-state index contributed by atoms with van der Waals surface area (Å²) in [6.45, 7) is 1.90. The average molecular weight is 286 g/mol. The van der Waals surface area contributed by atoms with Crippen LogP contribution in [0.2, 0.25) is 5.02 Å². The summed E-state index contributed by atoms with van der Waals surface area (Å²) in [7, 11) is 0. The second-order valence-corrected chi connectivity index (χ2v) is 4.87. The third kappa shape index (κ3) is 2.66. The van der Waals surface area contributed by atoms with Gasteiger partial charge in [0.05, 0.1) is 17.2 Å². The summed E-state index contributed by atoms with van der Waals surface area (Å²) >= 11 is 6.19. The van der Waals surface area contributed by atoms with Crippen molar-refractivity contribution in [3.05, 3.63) is 69.7 Å². The van der Waals surface area contributed by atoms with Crippen LogP contribution in [-0.4, -0.2) is 11.1 Å². The van der Waals surface area contributed by atoms with Crippen LogP contribution in [0.25, 0.3) is 0 Å². The number of aromatic carboxylic acids is 1. The zero-order valence-corrected chi connectivity index (χ0v) is 11.6. The molecular weight excluding hydrogens is 274 g/mol. The van der Waals surface area contributed by atoms with Crippen molar-refractivity contribution in [1.29, 1.82) is 5.26 Å². The van der Waals surface area contributed by atoms with Crippen LogP contribution in [0, 0.1) is 11.3 Å². The fourth-order valence-electron chi connectivity index (χ4n) is 2.18.